The number of halogens is 2. The molecule has 0 saturated carbocycles. The van der Waals surface area contributed by atoms with Crippen molar-refractivity contribution in [3.63, 3.8) is 0 Å². The number of para-hydroxylation sites is 2. The number of carbonyl (C=O) groups excluding carboxylic acids is 1. The van der Waals surface area contributed by atoms with Crippen LogP contribution in [-0.2, 0) is 0 Å². The number of carbonyl (C=O) groups is 1. The summed E-state index contributed by atoms with van der Waals surface area (Å²) in [6.45, 7) is -0.00655. The molecule has 6 heteroatoms. The third-order valence-corrected chi connectivity index (χ3v) is 3.85. The zero-order valence-electron chi connectivity index (χ0n) is 11.1. The highest BCUT2D eigenvalue weighted by Gasteiger charge is 2.21. The molecule has 0 saturated heterocycles. The number of benzene rings is 2. The minimum Gasteiger partial charge on any atom is -0.397 e. The maximum atomic E-state index is 12.7. The molecule has 2 rings (SSSR count). The number of nitrogens with two attached hydrogens (primary N) is 1. The van der Waals surface area contributed by atoms with Crippen LogP contribution in [0.15, 0.2) is 46.9 Å². The molecule has 21 heavy (non-hydrogen) atoms. The Morgan fingerprint density at radius 2 is 2.00 bits per heavy atom. The second kappa shape index (κ2) is 6.93. The Morgan fingerprint density at radius 1 is 1.29 bits per heavy atom. The van der Waals surface area contributed by atoms with E-state index in [1.807, 2.05) is 0 Å². The van der Waals surface area contributed by atoms with Gasteiger partial charge in [0.2, 0.25) is 0 Å². The van der Waals surface area contributed by atoms with Gasteiger partial charge in [0, 0.05) is 16.0 Å². The maximum absolute atomic E-state index is 12.7. The SMILES string of the molecule is Nc1ccccc1N(CCO)C(=O)c1ccc(Cl)cc1Br. The van der Waals surface area contributed by atoms with E-state index in [4.69, 9.17) is 17.3 Å². The summed E-state index contributed by atoms with van der Waals surface area (Å²) in [5, 5.41) is 9.76. The Balaban J connectivity index is 2.43. The van der Waals surface area contributed by atoms with E-state index in [2.05, 4.69) is 15.9 Å². The molecular weight excluding hydrogens is 356 g/mol. The van der Waals surface area contributed by atoms with Crippen LogP contribution >= 0.6 is 27.5 Å². The summed E-state index contributed by atoms with van der Waals surface area (Å²) in [5.74, 6) is -0.259. The molecule has 0 unspecified atom stereocenters. The number of nitrogens with zero attached hydrogens (tertiary/aromatic N) is 1. The molecule has 0 fully saturated rings. The van der Waals surface area contributed by atoms with E-state index in [0.717, 1.165) is 0 Å². The lowest BCUT2D eigenvalue weighted by Crippen LogP contribution is -2.34. The fourth-order valence-corrected chi connectivity index (χ4v) is 2.83. The van der Waals surface area contributed by atoms with E-state index < -0.39 is 0 Å². The van der Waals surface area contributed by atoms with Crippen molar-refractivity contribution in [3.05, 3.63) is 57.5 Å². The van der Waals surface area contributed by atoms with E-state index >= 15 is 0 Å². The van der Waals surface area contributed by atoms with Crippen molar-refractivity contribution in [3.8, 4) is 0 Å². The van der Waals surface area contributed by atoms with Crippen LogP contribution in [0.2, 0.25) is 5.02 Å². The third-order valence-electron chi connectivity index (χ3n) is 2.96. The average Bonchev–Trinajstić information content (AvgIpc) is 2.45. The van der Waals surface area contributed by atoms with E-state index in [-0.39, 0.29) is 19.1 Å². The largest absolute Gasteiger partial charge is 0.397 e. The molecule has 1 amide bonds. The fourth-order valence-electron chi connectivity index (χ4n) is 1.97. The highest BCUT2D eigenvalue weighted by molar-refractivity contribution is 9.10. The second-order valence-corrected chi connectivity index (χ2v) is 5.65. The van der Waals surface area contributed by atoms with Gasteiger partial charge in [-0.1, -0.05) is 23.7 Å². The zero-order valence-corrected chi connectivity index (χ0v) is 13.4. The van der Waals surface area contributed by atoms with Gasteiger partial charge >= 0.3 is 0 Å². The predicted molar refractivity (Wildman–Crippen MR) is 88.8 cm³/mol. The van der Waals surface area contributed by atoms with Crippen molar-refractivity contribution in [2.24, 2.45) is 0 Å². The van der Waals surface area contributed by atoms with Gasteiger partial charge in [-0.05, 0) is 46.3 Å². The molecule has 110 valence electrons. The number of amides is 1. The van der Waals surface area contributed by atoms with Gasteiger partial charge in [-0.3, -0.25) is 4.79 Å². The molecule has 3 N–H and O–H groups in total. The van der Waals surface area contributed by atoms with Crippen molar-refractivity contribution in [1.82, 2.24) is 0 Å². The summed E-state index contributed by atoms with van der Waals surface area (Å²) in [6, 6.07) is 12.0. The molecular formula is C15H14BrClN2O2. The topological polar surface area (TPSA) is 66.6 Å². The first-order chi connectivity index (χ1) is 10.0. The first-order valence-corrected chi connectivity index (χ1v) is 7.44. The summed E-state index contributed by atoms with van der Waals surface area (Å²) in [6.07, 6.45) is 0. The summed E-state index contributed by atoms with van der Waals surface area (Å²) in [5.41, 5.74) is 7.42. The van der Waals surface area contributed by atoms with Crippen LogP contribution in [0.4, 0.5) is 11.4 Å². The van der Waals surface area contributed by atoms with Crippen molar-refractivity contribution >= 4 is 44.8 Å². The van der Waals surface area contributed by atoms with Gasteiger partial charge in [0.05, 0.1) is 23.5 Å². The van der Waals surface area contributed by atoms with Crippen molar-refractivity contribution in [2.75, 3.05) is 23.8 Å². The van der Waals surface area contributed by atoms with Crippen LogP contribution in [0.25, 0.3) is 0 Å². The van der Waals surface area contributed by atoms with E-state index in [1.165, 1.54) is 4.90 Å². The lowest BCUT2D eigenvalue weighted by molar-refractivity contribution is 0.0980. The lowest BCUT2D eigenvalue weighted by atomic mass is 10.1. The van der Waals surface area contributed by atoms with Crippen molar-refractivity contribution in [2.45, 2.75) is 0 Å². The van der Waals surface area contributed by atoms with Gasteiger partial charge < -0.3 is 15.7 Å². The van der Waals surface area contributed by atoms with Crippen LogP contribution in [0.5, 0.6) is 0 Å². The average molecular weight is 370 g/mol. The molecule has 2 aromatic carbocycles. The molecule has 0 aliphatic heterocycles. The van der Waals surface area contributed by atoms with Crippen LogP contribution in [0.1, 0.15) is 10.4 Å². The van der Waals surface area contributed by atoms with Gasteiger partial charge in [0.15, 0.2) is 0 Å². The zero-order chi connectivity index (χ0) is 15.4. The van der Waals surface area contributed by atoms with Crippen LogP contribution in [0.3, 0.4) is 0 Å². The van der Waals surface area contributed by atoms with E-state index in [0.29, 0.717) is 26.4 Å². The fraction of sp³-hybridized carbons (Fsp3) is 0.133. The monoisotopic (exact) mass is 368 g/mol. The van der Waals surface area contributed by atoms with Gasteiger partial charge in [0.1, 0.15) is 0 Å². The first-order valence-electron chi connectivity index (χ1n) is 6.27. The number of hydrogen-bond acceptors (Lipinski definition) is 3. The minimum atomic E-state index is -0.259. The van der Waals surface area contributed by atoms with E-state index in [9.17, 15) is 9.90 Å². The lowest BCUT2D eigenvalue weighted by Gasteiger charge is -2.24. The van der Waals surface area contributed by atoms with Gasteiger partial charge in [0.25, 0.3) is 5.91 Å². The smallest absolute Gasteiger partial charge is 0.259 e. The van der Waals surface area contributed by atoms with Crippen LogP contribution in [-0.4, -0.2) is 24.2 Å². The Labute approximate surface area is 136 Å². The summed E-state index contributed by atoms with van der Waals surface area (Å²) < 4.78 is 0.595. The standard InChI is InChI=1S/C15H14BrClN2O2/c16-12-9-10(17)5-6-11(12)15(21)19(7-8-20)14-4-2-1-3-13(14)18/h1-6,9,20H,7-8,18H2. The molecule has 0 heterocycles. The van der Waals surface area contributed by atoms with Crippen molar-refractivity contribution in [1.29, 1.82) is 0 Å². The molecule has 0 atom stereocenters. The Hall–Kier alpha value is -1.56. The van der Waals surface area contributed by atoms with Gasteiger partial charge in [-0.15, -0.1) is 0 Å². The number of nitrogen functional groups attached to an aromatic ring is 1. The Kier molecular flexibility index (Phi) is 5.22. The normalized spacial score (nSPS) is 10.4. The highest BCUT2D eigenvalue weighted by Crippen LogP contribution is 2.27. The summed E-state index contributed by atoms with van der Waals surface area (Å²) >= 11 is 9.22. The van der Waals surface area contributed by atoms with Gasteiger partial charge in [-0.2, -0.15) is 0 Å². The summed E-state index contributed by atoms with van der Waals surface area (Å²) in [4.78, 5) is 14.2. The molecule has 0 spiro atoms. The molecule has 0 aliphatic rings. The highest BCUT2D eigenvalue weighted by atomic mass is 79.9. The minimum absolute atomic E-state index is 0.155. The predicted octanol–water partition coefficient (Wildman–Crippen LogP) is 3.32. The quantitative estimate of drug-likeness (QED) is 0.812. The Morgan fingerprint density at radius 3 is 2.62 bits per heavy atom. The number of anilines is 2. The van der Waals surface area contributed by atoms with Crippen molar-refractivity contribution < 1.29 is 9.90 Å². The molecule has 0 radical (unpaired) electrons. The number of hydrogen-bond donors (Lipinski definition) is 2. The van der Waals surface area contributed by atoms with Crippen LogP contribution in [0, 0.1) is 0 Å². The summed E-state index contributed by atoms with van der Waals surface area (Å²) in [7, 11) is 0. The number of aliphatic hydroxyl groups is 1. The van der Waals surface area contributed by atoms with Crippen LogP contribution < -0.4 is 10.6 Å². The third kappa shape index (κ3) is 3.56. The number of aliphatic hydroxyl groups excluding tert-OH is 1. The second-order valence-electron chi connectivity index (χ2n) is 4.36. The molecule has 0 aromatic heterocycles. The molecule has 4 nitrogen and oxygen atoms in total. The molecule has 0 bridgehead atoms. The van der Waals surface area contributed by atoms with Gasteiger partial charge in [-0.25, -0.2) is 0 Å². The number of rotatable bonds is 4. The molecule has 2 aromatic rings. The molecule has 0 aliphatic carbocycles. The van der Waals surface area contributed by atoms with E-state index in [1.54, 1.807) is 42.5 Å². The first kappa shape index (κ1) is 15.8. The maximum Gasteiger partial charge on any atom is 0.259 e. The Bertz CT molecular complexity index is 664.